The number of carbonyl (C=O) groups is 2. The number of carbonyl (C=O) groups excluding carboxylic acids is 1. The van der Waals surface area contributed by atoms with Gasteiger partial charge in [-0.3, -0.25) is 4.79 Å². The van der Waals surface area contributed by atoms with Gasteiger partial charge in [-0.1, -0.05) is 49.1 Å². The van der Waals surface area contributed by atoms with E-state index in [1.165, 1.54) is 0 Å². The number of amides is 1. The van der Waals surface area contributed by atoms with Crippen molar-refractivity contribution < 1.29 is 14.7 Å². The number of aliphatic imine (C=N–C) groups is 1. The van der Waals surface area contributed by atoms with Gasteiger partial charge >= 0.3 is 5.97 Å². The Hall–Kier alpha value is -4.45. The lowest BCUT2D eigenvalue weighted by atomic mass is 10.0. The van der Waals surface area contributed by atoms with Gasteiger partial charge in [0.15, 0.2) is 0 Å². The zero-order valence-electron chi connectivity index (χ0n) is 19.3. The van der Waals surface area contributed by atoms with E-state index in [0.717, 1.165) is 28.1 Å². The Balaban J connectivity index is 1.77. The fraction of sp³-hybridized carbons (Fsp3) is 0.107. The van der Waals surface area contributed by atoms with Crippen LogP contribution in [0.25, 0.3) is 17.3 Å². The summed E-state index contributed by atoms with van der Waals surface area (Å²) in [6.07, 6.45) is 5.34. The highest BCUT2D eigenvalue weighted by Gasteiger charge is 2.26. The Bertz CT molecular complexity index is 1410. The van der Waals surface area contributed by atoms with Crippen molar-refractivity contribution in [3.63, 3.8) is 0 Å². The topological polar surface area (TPSA) is 94.6 Å². The molecule has 0 spiro atoms. The Morgan fingerprint density at radius 3 is 2.44 bits per heavy atom. The van der Waals surface area contributed by atoms with Gasteiger partial charge in [0, 0.05) is 33.8 Å². The van der Waals surface area contributed by atoms with Crippen LogP contribution in [0.4, 0.5) is 5.69 Å². The quantitative estimate of drug-likeness (QED) is 0.324. The van der Waals surface area contributed by atoms with Gasteiger partial charge in [-0.15, -0.1) is 0 Å². The first-order valence-corrected chi connectivity index (χ1v) is 10.9. The minimum Gasteiger partial charge on any atom is -0.478 e. The summed E-state index contributed by atoms with van der Waals surface area (Å²) in [5.74, 6) is -1.24. The maximum Gasteiger partial charge on any atom is 0.337 e. The number of allylic oxidation sites excluding steroid dienone is 2. The average Bonchev–Trinajstić information content (AvgIpc) is 3.29. The van der Waals surface area contributed by atoms with Crippen molar-refractivity contribution in [1.29, 1.82) is 0 Å². The van der Waals surface area contributed by atoms with E-state index in [1.807, 2.05) is 61.5 Å². The van der Waals surface area contributed by atoms with Gasteiger partial charge in [-0.2, -0.15) is 0 Å². The molecule has 0 aliphatic carbocycles. The van der Waals surface area contributed by atoms with Crippen LogP contribution in [-0.2, 0) is 4.79 Å². The van der Waals surface area contributed by atoms with E-state index < -0.39 is 5.97 Å². The second-order valence-corrected chi connectivity index (χ2v) is 7.98. The second kappa shape index (κ2) is 9.19. The summed E-state index contributed by atoms with van der Waals surface area (Å²) >= 11 is 0. The molecule has 1 aliphatic rings. The van der Waals surface area contributed by atoms with Crippen molar-refractivity contribution >= 4 is 40.6 Å². The molecule has 0 saturated heterocycles. The summed E-state index contributed by atoms with van der Waals surface area (Å²) < 4.78 is 0. The van der Waals surface area contributed by atoms with Crippen molar-refractivity contribution in [3.8, 4) is 0 Å². The zero-order chi connectivity index (χ0) is 24.4. The number of hydrogen-bond acceptors (Lipinski definition) is 3. The fourth-order valence-corrected chi connectivity index (χ4v) is 4.14. The van der Waals surface area contributed by atoms with Gasteiger partial charge in [0.25, 0.3) is 5.91 Å². The summed E-state index contributed by atoms with van der Waals surface area (Å²) in [7, 11) is 0. The standard InChI is InChI=1S/C28H25N3O3/c1-5-22(18-10-8-7-9-11-18)30-23(6-2)19-12-13-24-20(14-19)21(27(32)31-24)15-25-16(3)26(28(33)34)17(4)29-25/h5-15,29H,1H2,2-4H3,(H,31,32)(H,33,34)/b21-15-,23-6-,30-22+. The molecule has 1 amide bonds. The number of aryl methyl sites for hydroxylation is 1. The third-order valence-corrected chi connectivity index (χ3v) is 5.85. The van der Waals surface area contributed by atoms with E-state index in [4.69, 9.17) is 4.99 Å². The Morgan fingerprint density at radius 2 is 1.82 bits per heavy atom. The second-order valence-electron chi connectivity index (χ2n) is 7.98. The molecule has 0 fully saturated rings. The summed E-state index contributed by atoms with van der Waals surface area (Å²) in [5, 5.41) is 12.4. The van der Waals surface area contributed by atoms with E-state index in [0.29, 0.717) is 28.2 Å². The predicted octanol–water partition coefficient (Wildman–Crippen LogP) is 5.86. The highest BCUT2D eigenvalue weighted by molar-refractivity contribution is 6.35. The summed E-state index contributed by atoms with van der Waals surface area (Å²) in [6.45, 7) is 9.26. The molecule has 1 aliphatic heterocycles. The summed E-state index contributed by atoms with van der Waals surface area (Å²) in [5.41, 5.74) is 7.17. The number of rotatable bonds is 6. The Kier molecular flexibility index (Phi) is 6.15. The third kappa shape index (κ3) is 4.13. The van der Waals surface area contributed by atoms with Gasteiger partial charge in [-0.25, -0.2) is 9.79 Å². The minimum absolute atomic E-state index is 0.225. The number of aromatic nitrogens is 1. The highest BCUT2D eigenvalue weighted by Crippen LogP contribution is 2.36. The molecule has 3 aromatic rings. The maximum absolute atomic E-state index is 12.8. The average molecular weight is 452 g/mol. The first-order valence-electron chi connectivity index (χ1n) is 10.9. The predicted molar refractivity (Wildman–Crippen MR) is 137 cm³/mol. The number of nitrogens with zero attached hydrogens (tertiary/aromatic N) is 1. The van der Waals surface area contributed by atoms with E-state index in [1.54, 1.807) is 26.0 Å². The molecule has 3 N–H and O–H groups in total. The van der Waals surface area contributed by atoms with Crippen molar-refractivity contribution in [1.82, 2.24) is 4.98 Å². The Morgan fingerprint density at radius 1 is 1.09 bits per heavy atom. The van der Waals surface area contributed by atoms with E-state index >= 15 is 0 Å². The van der Waals surface area contributed by atoms with Crippen molar-refractivity contribution in [2.45, 2.75) is 20.8 Å². The summed E-state index contributed by atoms with van der Waals surface area (Å²) in [6, 6.07) is 15.5. The molecule has 6 heteroatoms. The number of nitrogens with one attached hydrogen (secondary N) is 2. The zero-order valence-corrected chi connectivity index (χ0v) is 19.3. The number of aromatic amines is 1. The molecule has 0 unspecified atom stereocenters. The molecule has 2 aromatic carbocycles. The van der Waals surface area contributed by atoms with Gasteiger partial charge in [0.05, 0.1) is 22.5 Å². The monoisotopic (exact) mass is 451 g/mol. The Labute approximate surface area is 198 Å². The number of hydrogen-bond donors (Lipinski definition) is 3. The molecule has 0 bridgehead atoms. The van der Waals surface area contributed by atoms with E-state index in [-0.39, 0.29) is 11.5 Å². The molecule has 34 heavy (non-hydrogen) atoms. The lowest BCUT2D eigenvalue weighted by Gasteiger charge is -2.08. The van der Waals surface area contributed by atoms with E-state index in [2.05, 4.69) is 16.9 Å². The molecule has 1 aromatic heterocycles. The number of benzene rings is 2. The van der Waals surface area contributed by atoms with Crippen LogP contribution in [0, 0.1) is 13.8 Å². The number of carboxylic acid groups (broad SMARTS) is 1. The normalized spacial score (nSPS) is 14.8. The first kappa shape index (κ1) is 22.7. The van der Waals surface area contributed by atoms with Crippen LogP contribution in [0.5, 0.6) is 0 Å². The van der Waals surface area contributed by atoms with Gasteiger partial charge in [0.2, 0.25) is 0 Å². The lowest BCUT2D eigenvalue weighted by Crippen LogP contribution is -2.03. The van der Waals surface area contributed by atoms with Gasteiger partial charge in [0.1, 0.15) is 0 Å². The number of anilines is 1. The molecule has 170 valence electrons. The van der Waals surface area contributed by atoms with Crippen LogP contribution in [0.3, 0.4) is 0 Å². The molecule has 0 saturated carbocycles. The van der Waals surface area contributed by atoms with Crippen LogP contribution in [0.2, 0.25) is 0 Å². The number of aromatic carboxylic acids is 1. The van der Waals surface area contributed by atoms with Crippen molar-refractivity contribution in [2.75, 3.05) is 5.32 Å². The van der Waals surface area contributed by atoms with Crippen molar-refractivity contribution in [2.24, 2.45) is 4.99 Å². The molecular weight excluding hydrogens is 426 g/mol. The summed E-state index contributed by atoms with van der Waals surface area (Å²) in [4.78, 5) is 32.3. The smallest absolute Gasteiger partial charge is 0.337 e. The first-order chi connectivity index (χ1) is 16.3. The molecule has 2 heterocycles. The molecule has 6 nitrogen and oxygen atoms in total. The number of fused-ring (bicyclic) bond motifs is 1. The van der Waals surface area contributed by atoms with Crippen LogP contribution in [-0.4, -0.2) is 27.7 Å². The van der Waals surface area contributed by atoms with Gasteiger partial charge in [-0.05, 0) is 50.6 Å². The number of H-pyrrole nitrogens is 1. The SMILES string of the molecule is C=C/C(=N\C(=C/C)c1ccc2c(c1)/C(=C/c1[nH]c(C)c(C(=O)O)c1C)C(=O)N2)c1ccccc1. The van der Waals surface area contributed by atoms with E-state index in [9.17, 15) is 14.7 Å². The number of carboxylic acids is 1. The third-order valence-electron chi connectivity index (χ3n) is 5.85. The molecular formula is C28H25N3O3. The largest absolute Gasteiger partial charge is 0.478 e. The van der Waals surface area contributed by atoms with Crippen molar-refractivity contribution in [3.05, 3.63) is 106 Å². The fourth-order valence-electron chi connectivity index (χ4n) is 4.14. The van der Waals surface area contributed by atoms with Crippen LogP contribution >= 0.6 is 0 Å². The van der Waals surface area contributed by atoms with Crippen LogP contribution in [0.1, 0.15) is 50.9 Å². The lowest BCUT2D eigenvalue weighted by molar-refractivity contribution is -0.110. The van der Waals surface area contributed by atoms with Crippen LogP contribution < -0.4 is 5.32 Å². The molecule has 0 radical (unpaired) electrons. The molecule has 4 rings (SSSR count). The van der Waals surface area contributed by atoms with Gasteiger partial charge < -0.3 is 15.4 Å². The minimum atomic E-state index is -0.999. The molecule has 0 atom stereocenters. The van der Waals surface area contributed by atoms with Crippen LogP contribution in [0.15, 0.2) is 72.3 Å². The highest BCUT2D eigenvalue weighted by atomic mass is 16.4. The maximum atomic E-state index is 12.8.